The third-order valence-electron chi connectivity index (χ3n) is 3.33. The van der Waals surface area contributed by atoms with Gasteiger partial charge < -0.3 is 10.2 Å². The van der Waals surface area contributed by atoms with Crippen LogP contribution in [0.3, 0.4) is 0 Å². The Kier molecular flexibility index (Phi) is 6.34. The zero-order valence-corrected chi connectivity index (χ0v) is 13.0. The Balaban J connectivity index is 2.76. The van der Waals surface area contributed by atoms with Gasteiger partial charge in [0.05, 0.1) is 18.3 Å². The van der Waals surface area contributed by atoms with Crippen LogP contribution in [-0.2, 0) is 9.59 Å². The van der Waals surface area contributed by atoms with Crippen LogP contribution >= 0.6 is 0 Å². The van der Waals surface area contributed by atoms with Crippen LogP contribution in [0.4, 0.5) is 10.1 Å². The highest BCUT2D eigenvalue weighted by Crippen LogP contribution is 2.18. The second-order valence-corrected chi connectivity index (χ2v) is 5.37. The van der Waals surface area contributed by atoms with Crippen molar-refractivity contribution in [2.45, 2.75) is 33.7 Å². The summed E-state index contributed by atoms with van der Waals surface area (Å²) in [5.74, 6) is -0.699. The Morgan fingerprint density at radius 1 is 1.29 bits per heavy atom. The number of rotatable bonds is 7. The maximum absolute atomic E-state index is 13.8. The second kappa shape index (κ2) is 7.76. The van der Waals surface area contributed by atoms with Gasteiger partial charge in [-0.1, -0.05) is 26.0 Å². The molecule has 1 aromatic carbocycles. The van der Waals surface area contributed by atoms with Crippen molar-refractivity contribution in [1.82, 2.24) is 5.32 Å². The molecular weight excluding hydrogens is 271 g/mol. The van der Waals surface area contributed by atoms with E-state index < -0.39 is 6.04 Å². The van der Waals surface area contributed by atoms with Crippen molar-refractivity contribution in [1.29, 1.82) is 0 Å². The lowest BCUT2D eigenvalue weighted by Gasteiger charge is -2.25. The third kappa shape index (κ3) is 4.85. The maximum atomic E-state index is 13.8. The second-order valence-electron chi connectivity index (χ2n) is 5.37. The summed E-state index contributed by atoms with van der Waals surface area (Å²) in [5, 5.41) is 2.72. The zero-order chi connectivity index (χ0) is 16.0. The number of Topliss-reactive ketones (excluding diaryl/α,β-unsaturated/α-hetero) is 1. The molecule has 1 rings (SSSR count). The van der Waals surface area contributed by atoms with E-state index in [2.05, 4.69) is 5.32 Å². The van der Waals surface area contributed by atoms with E-state index in [1.165, 1.54) is 13.0 Å². The van der Waals surface area contributed by atoms with Crippen molar-refractivity contribution < 1.29 is 14.0 Å². The maximum Gasteiger partial charge on any atom is 0.240 e. The molecule has 1 aromatic rings. The van der Waals surface area contributed by atoms with Gasteiger partial charge in [0.15, 0.2) is 5.78 Å². The highest BCUT2D eigenvalue weighted by Gasteiger charge is 2.22. The van der Waals surface area contributed by atoms with E-state index in [1.807, 2.05) is 20.8 Å². The summed E-state index contributed by atoms with van der Waals surface area (Å²) in [5.41, 5.74) is 0.388. The van der Waals surface area contributed by atoms with Crippen LogP contribution < -0.4 is 10.2 Å². The first kappa shape index (κ1) is 17.1. The Bertz CT molecular complexity index is 503. The van der Waals surface area contributed by atoms with Gasteiger partial charge in [-0.15, -0.1) is 0 Å². The Hall–Kier alpha value is -1.91. The van der Waals surface area contributed by atoms with E-state index in [1.54, 1.807) is 23.1 Å². The lowest BCUT2D eigenvalue weighted by Crippen LogP contribution is -2.47. The van der Waals surface area contributed by atoms with E-state index in [0.717, 1.165) is 0 Å². The minimum Gasteiger partial charge on any atom is -0.360 e. The molecule has 0 bridgehead atoms. The van der Waals surface area contributed by atoms with E-state index in [4.69, 9.17) is 0 Å². The van der Waals surface area contributed by atoms with Crippen molar-refractivity contribution >= 4 is 17.4 Å². The molecule has 0 radical (unpaired) electrons. The Labute approximate surface area is 125 Å². The van der Waals surface area contributed by atoms with E-state index >= 15 is 0 Å². The van der Waals surface area contributed by atoms with Gasteiger partial charge in [0.2, 0.25) is 5.91 Å². The van der Waals surface area contributed by atoms with Gasteiger partial charge in [-0.05, 0) is 31.9 Å². The molecule has 5 heteroatoms. The van der Waals surface area contributed by atoms with E-state index in [-0.39, 0.29) is 30.0 Å². The molecule has 0 spiro atoms. The molecule has 0 aliphatic rings. The number of hydrogen-bond donors (Lipinski definition) is 1. The van der Waals surface area contributed by atoms with Gasteiger partial charge in [-0.3, -0.25) is 9.59 Å². The first-order valence-corrected chi connectivity index (χ1v) is 7.16. The average Bonchev–Trinajstić information content (AvgIpc) is 2.42. The molecule has 1 atom stereocenters. The van der Waals surface area contributed by atoms with Crippen molar-refractivity contribution in [3.63, 3.8) is 0 Å². The van der Waals surface area contributed by atoms with Crippen LogP contribution in [0.1, 0.15) is 27.7 Å². The summed E-state index contributed by atoms with van der Waals surface area (Å²) >= 11 is 0. The average molecular weight is 294 g/mol. The number of carbonyl (C=O) groups is 2. The van der Waals surface area contributed by atoms with Crippen LogP contribution in [0.25, 0.3) is 0 Å². The van der Waals surface area contributed by atoms with Crippen LogP contribution in [0, 0.1) is 11.7 Å². The summed E-state index contributed by atoms with van der Waals surface area (Å²) in [6, 6.07) is 5.83. The summed E-state index contributed by atoms with van der Waals surface area (Å²) in [4.78, 5) is 25.2. The lowest BCUT2D eigenvalue weighted by molar-refractivity contribution is -0.127. The molecule has 1 N–H and O–H groups in total. The summed E-state index contributed by atoms with van der Waals surface area (Å²) < 4.78 is 13.8. The topological polar surface area (TPSA) is 49.4 Å². The molecule has 116 valence electrons. The molecule has 21 heavy (non-hydrogen) atoms. The van der Waals surface area contributed by atoms with Crippen LogP contribution in [0.5, 0.6) is 0 Å². The number of nitrogens with zero attached hydrogens (tertiary/aromatic N) is 1. The molecule has 1 amide bonds. The third-order valence-corrected chi connectivity index (χ3v) is 3.33. The van der Waals surface area contributed by atoms with Crippen LogP contribution in [0.2, 0.25) is 0 Å². The first-order chi connectivity index (χ1) is 9.86. The van der Waals surface area contributed by atoms with E-state index in [9.17, 15) is 14.0 Å². The fourth-order valence-corrected chi connectivity index (χ4v) is 2.21. The van der Waals surface area contributed by atoms with E-state index in [0.29, 0.717) is 12.2 Å². The number of nitrogens with one attached hydrogen (secondary N) is 1. The number of amides is 1. The predicted molar refractivity (Wildman–Crippen MR) is 81.7 cm³/mol. The van der Waals surface area contributed by atoms with Gasteiger partial charge in [0.25, 0.3) is 0 Å². The molecular formula is C16H23FN2O2. The fourth-order valence-electron chi connectivity index (χ4n) is 2.21. The summed E-state index contributed by atoms with van der Waals surface area (Å²) in [7, 11) is 0. The number of para-hydroxylation sites is 1. The molecule has 1 unspecified atom stereocenters. The number of benzene rings is 1. The van der Waals surface area contributed by atoms with Crippen molar-refractivity contribution in [3.05, 3.63) is 30.1 Å². The van der Waals surface area contributed by atoms with Gasteiger partial charge >= 0.3 is 0 Å². The number of halogens is 1. The fraction of sp³-hybridized carbons (Fsp3) is 0.500. The summed E-state index contributed by atoms with van der Waals surface area (Å²) in [6.07, 6.45) is 0. The minimum absolute atomic E-state index is 0.0218. The number of ketones is 1. The standard InChI is InChI=1S/C16H23FN2O2/c1-5-19(14-9-7-6-8-13(14)17)10-15(21)18-16(11(2)3)12(4)20/h6-9,11,16H,5,10H2,1-4H3,(H,18,21). The van der Waals surface area contributed by atoms with Crippen LogP contribution in [-0.4, -0.2) is 30.8 Å². The van der Waals surface area contributed by atoms with Gasteiger partial charge in [-0.25, -0.2) is 4.39 Å². The largest absolute Gasteiger partial charge is 0.360 e. The number of anilines is 1. The SMILES string of the molecule is CCN(CC(=O)NC(C(C)=O)C(C)C)c1ccccc1F. The quantitative estimate of drug-likeness (QED) is 0.840. The molecule has 0 fully saturated rings. The van der Waals surface area contributed by atoms with Crippen molar-refractivity contribution in [2.75, 3.05) is 18.0 Å². The zero-order valence-electron chi connectivity index (χ0n) is 13.0. The number of likely N-dealkylation sites (N-methyl/N-ethyl adjacent to an activating group) is 1. The van der Waals surface area contributed by atoms with Crippen molar-refractivity contribution in [3.8, 4) is 0 Å². The van der Waals surface area contributed by atoms with Gasteiger partial charge in [-0.2, -0.15) is 0 Å². The summed E-state index contributed by atoms with van der Waals surface area (Å²) in [6.45, 7) is 7.58. The van der Waals surface area contributed by atoms with Crippen molar-refractivity contribution in [2.24, 2.45) is 5.92 Å². The Morgan fingerprint density at radius 3 is 2.38 bits per heavy atom. The van der Waals surface area contributed by atoms with Gasteiger partial charge in [0, 0.05) is 6.54 Å². The monoisotopic (exact) mass is 294 g/mol. The van der Waals surface area contributed by atoms with Gasteiger partial charge in [0.1, 0.15) is 5.82 Å². The number of hydrogen-bond acceptors (Lipinski definition) is 3. The smallest absolute Gasteiger partial charge is 0.240 e. The molecule has 0 saturated carbocycles. The van der Waals surface area contributed by atoms with Crippen LogP contribution in [0.15, 0.2) is 24.3 Å². The first-order valence-electron chi connectivity index (χ1n) is 7.16. The molecule has 0 aliphatic heterocycles. The molecule has 0 heterocycles. The normalized spacial score (nSPS) is 12.1. The highest BCUT2D eigenvalue weighted by molar-refractivity contribution is 5.89. The molecule has 0 aliphatic carbocycles. The molecule has 4 nitrogen and oxygen atoms in total. The minimum atomic E-state index is -0.503. The molecule has 0 aromatic heterocycles. The molecule has 0 saturated heterocycles. The lowest BCUT2D eigenvalue weighted by atomic mass is 10.0. The Morgan fingerprint density at radius 2 is 1.90 bits per heavy atom. The predicted octanol–water partition coefficient (Wildman–Crippen LogP) is 2.38. The highest BCUT2D eigenvalue weighted by atomic mass is 19.1. The number of carbonyl (C=O) groups excluding carboxylic acids is 2.